The first kappa shape index (κ1) is 13.5. The van der Waals surface area contributed by atoms with Gasteiger partial charge >= 0.3 is 5.97 Å². The highest BCUT2D eigenvalue weighted by atomic mass is 16.6. The summed E-state index contributed by atoms with van der Waals surface area (Å²) >= 11 is 0. The van der Waals surface area contributed by atoms with E-state index in [1.54, 1.807) is 0 Å². The van der Waals surface area contributed by atoms with Crippen molar-refractivity contribution in [2.24, 2.45) is 0 Å². The summed E-state index contributed by atoms with van der Waals surface area (Å²) in [4.78, 5) is 16.4. The maximum Gasteiger partial charge on any atom is 0.310 e. The third-order valence-corrected chi connectivity index (χ3v) is 2.77. The molecular formula is C16H19NO2. The molecule has 3 nitrogen and oxygen atoms in total. The summed E-state index contributed by atoms with van der Waals surface area (Å²) < 4.78 is 5.34. The standard InChI is InChI=1S/C16H19NO2/c1-11-13(10-15(18)19-16(2,3)4)9-12-7-5-6-8-14(12)17-11/h5-9H,10H2,1-4H3. The van der Waals surface area contributed by atoms with Gasteiger partial charge in [-0.2, -0.15) is 0 Å². The number of nitrogens with zero attached hydrogens (tertiary/aromatic N) is 1. The molecule has 0 N–H and O–H groups in total. The van der Waals surface area contributed by atoms with Crippen molar-refractivity contribution in [3.63, 3.8) is 0 Å². The number of aryl methyl sites for hydroxylation is 1. The van der Waals surface area contributed by atoms with Crippen LogP contribution in [0, 0.1) is 6.92 Å². The maximum absolute atomic E-state index is 11.9. The van der Waals surface area contributed by atoms with Crippen molar-refractivity contribution in [2.45, 2.75) is 39.7 Å². The highest BCUT2D eigenvalue weighted by Crippen LogP contribution is 2.18. The second-order valence-electron chi connectivity index (χ2n) is 5.69. The van der Waals surface area contributed by atoms with Crippen molar-refractivity contribution in [2.75, 3.05) is 0 Å². The van der Waals surface area contributed by atoms with Crippen LogP contribution in [-0.2, 0) is 16.0 Å². The normalized spacial score (nSPS) is 11.6. The van der Waals surface area contributed by atoms with Gasteiger partial charge in [0.2, 0.25) is 0 Å². The molecule has 0 saturated heterocycles. The number of fused-ring (bicyclic) bond motifs is 1. The second kappa shape index (κ2) is 5.00. The molecule has 0 aliphatic rings. The molecule has 2 aromatic rings. The van der Waals surface area contributed by atoms with Gasteiger partial charge in [-0.3, -0.25) is 9.78 Å². The summed E-state index contributed by atoms with van der Waals surface area (Å²) in [6.45, 7) is 7.54. The summed E-state index contributed by atoms with van der Waals surface area (Å²) in [5.74, 6) is -0.215. The molecule has 1 aromatic heterocycles. The Labute approximate surface area is 113 Å². The van der Waals surface area contributed by atoms with E-state index in [4.69, 9.17) is 4.74 Å². The van der Waals surface area contributed by atoms with E-state index in [1.165, 1.54) is 0 Å². The summed E-state index contributed by atoms with van der Waals surface area (Å²) in [6, 6.07) is 9.92. The van der Waals surface area contributed by atoms with Gasteiger partial charge in [-0.05, 0) is 45.4 Å². The molecular weight excluding hydrogens is 238 g/mol. The highest BCUT2D eigenvalue weighted by Gasteiger charge is 2.17. The number of carbonyl (C=O) groups is 1. The van der Waals surface area contributed by atoms with E-state index >= 15 is 0 Å². The third kappa shape index (κ3) is 3.53. The molecule has 0 atom stereocenters. The van der Waals surface area contributed by atoms with Crippen LogP contribution >= 0.6 is 0 Å². The molecule has 2 rings (SSSR count). The minimum atomic E-state index is -0.449. The molecule has 0 unspecified atom stereocenters. The first-order valence-corrected chi connectivity index (χ1v) is 6.42. The van der Waals surface area contributed by atoms with Crippen LogP contribution in [0.3, 0.4) is 0 Å². The van der Waals surface area contributed by atoms with E-state index < -0.39 is 5.60 Å². The molecule has 0 fully saturated rings. The number of aromatic nitrogens is 1. The lowest BCUT2D eigenvalue weighted by atomic mass is 10.1. The Morgan fingerprint density at radius 2 is 1.95 bits per heavy atom. The zero-order chi connectivity index (χ0) is 14.0. The number of rotatable bonds is 2. The zero-order valence-electron chi connectivity index (χ0n) is 11.9. The van der Waals surface area contributed by atoms with Crippen molar-refractivity contribution in [1.82, 2.24) is 4.98 Å². The Hall–Kier alpha value is -1.90. The molecule has 1 heterocycles. The van der Waals surface area contributed by atoms with Crippen LogP contribution in [0.2, 0.25) is 0 Å². The topological polar surface area (TPSA) is 39.2 Å². The Morgan fingerprint density at radius 1 is 1.26 bits per heavy atom. The molecule has 0 saturated carbocycles. The molecule has 0 bridgehead atoms. The monoisotopic (exact) mass is 257 g/mol. The van der Waals surface area contributed by atoms with Crippen LogP contribution in [-0.4, -0.2) is 16.6 Å². The number of carbonyl (C=O) groups excluding carboxylic acids is 1. The van der Waals surface area contributed by atoms with E-state index in [0.29, 0.717) is 0 Å². The molecule has 0 radical (unpaired) electrons. The van der Waals surface area contributed by atoms with E-state index in [1.807, 2.05) is 58.0 Å². The number of esters is 1. The predicted octanol–water partition coefficient (Wildman–Crippen LogP) is 3.43. The number of para-hydroxylation sites is 1. The number of hydrogen-bond acceptors (Lipinski definition) is 3. The molecule has 0 aliphatic heterocycles. The smallest absolute Gasteiger partial charge is 0.310 e. The molecule has 0 aliphatic carbocycles. The van der Waals surface area contributed by atoms with Gasteiger partial charge in [0, 0.05) is 11.1 Å². The van der Waals surface area contributed by atoms with Gasteiger partial charge in [-0.15, -0.1) is 0 Å². The highest BCUT2D eigenvalue weighted by molar-refractivity contribution is 5.81. The molecule has 1 aromatic carbocycles. The molecule has 100 valence electrons. The van der Waals surface area contributed by atoms with Gasteiger partial charge in [0.1, 0.15) is 5.60 Å². The van der Waals surface area contributed by atoms with Crippen LogP contribution < -0.4 is 0 Å². The fourth-order valence-corrected chi connectivity index (χ4v) is 1.97. The lowest BCUT2D eigenvalue weighted by molar-refractivity contribution is -0.153. The number of pyridine rings is 1. The minimum Gasteiger partial charge on any atom is -0.460 e. The van der Waals surface area contributed by atoms with E-state index in [9.17, 15) is 4.79 Å². The van der Waals surface area contributed by atoms with Gasteiger partial charge < -0.3 is 4.74 Å². The van der Waals surface area contributed by atoms with Gasteiger partial charge in [0.25, 0.3) is 0 Å². The average Bonchev–Trinajstić information content (AvgIpc) is 2.27. The number of benzene rings is 1. The van der Waals surface area contributed by atoms with E-state index in [2.05, 4.69) is 4.98 Å². The number of ether oxygens (including phenoxy) is 1. The van der Waals surface area contributed by atoms with Gasteiger partial charge in [-0.25, -0.2) is 0 Å². The Bertz CT molecular complexity index is 612. The molecule has 0 amide bonds. The van der Waals surface area contributed by atoms with Crippen LogP contribution in [0.25, 0.3) is 10.9 Å². The second-order valence-corrected chi connectivity index (χ2v) is 5.69. The van der Waals surface area contributed by atoms with Gasteiger partial charge in [-0.1, -0.05) is 18.2 Å². The summed E-state index contributed by atoms with van der Waals surface area (Å²) in [7, 11) is 0. The average molecular weight is 257 g/mol. The summed E-state index contributed by atoms with van der Waals surface area (Å²) in [5, 5.41) is 1.05. The van der Waals surface area contributed by atoms with Crippen molar-refractivity contribution in [1.29, 1.82) is 0 Å². The SMILES string of the molecule is Cc1nc2ccccc2cc1CC(=O)OC(C)(C)C. The fourth-order valence-electron chi connectivity index (χ4n) is 1.97. The summed E-state index contributed by atoms with van der Waals surface area (Å²) in [6.07, 6.45) is 0.265. The predicted molar refractivity (Wildman–Crippen MR) is 76.0 cm³/mol. The quantitative estimate of drug-likeness (QED) is 0.774. The Morgan fingerprint density at radius 3 is 2.63 bits per heavy atom. The lowest BCUT2D eigenvalue weighted by Gasteiger charge is -2.19. The molecule has 0 spiro atoms. The zero-order valence-corrected chi connectivity index (χ0v) is 11.9. The maximum atomic E-state index is 11.9. The molecule has 19 heavy (non-hydrogen) atoms. The first-order valence-electron chi connectivity index (χ1n) is 6.42. The van der Waals surface area contributed by atoms with Crippen molar-refractivity contribution >= 4 is 16.9 Å². The third-order valence-electron chi connectivity index (χ3n) is 2.77. The van der Waals surface area contributed by atoms with Crippen LogP contribution in [0.4, 0.5) is 0 Å². The Kier molecular flexibility index (Phi) is 3.56. The van der Waals surface area contributed by atoms with Crippen LogP contribution in [0.15, 0.2) is 30.3 Å². The van der Waals surface area contributed by atoms with Crippen molar-refractivity contribution in [3.05, 3.63) is 41.6 Å². The minimum absolute atomic E-state index is 0.215. The lowest BCUT2D eigenvalue weighted by Crippen LogP contribution is -2.25. The van der Waals surface area contributed by atoms with Crippen molar-refractivity contribution < 1.29 is 9.53 Å². The summed E-state index contributed by atoms with van der Waals surface area (Å²) in [5.41, 5.74) is 2.31. The van der Waals surface area contributed by atoms with Crippen LogP contribution in [0.5, 0.6) is 0 Å². The van der Waals surface area contributed by atoms with Crippen molar-refractivity contribution in [3.8, 4) is 0 Å². The van der Waals surface area contributed by atoms with E-state index in [0.717, 1.165) is 22.2 Å². The Balaban J connectivity index is 2.25. The van der Waals surface area contributed by atoms with Gasteiger partial charge in [0.15, 0.2) is 0 Å². The molecule has 3 heteroatoms. The van der Waals surface area contributed by atoms with Gasteiger partial charge in [0.05, 0.1) is 11.9 Å². The largest absolute Gasteiger partial charge is 0.460 e. The van der Waals surface area contributed by atoms with Crippen LogP contribution in [0.1, 0.15) is 32.0 Å². The van der Waals surface area contributed by atoms with E-state index in [-0.39, 0.29) is 12.4 Å². The number of hydrogen-bond donors (Lipinski definition) is 0. The first-order chi connectivity index (χ1) is 8.85. The fraction of sp³-hybridized carbons (Fsp3) is 0.375.